The van der Waals surface area contributed by atoms with Gasteiger partial charge in [0.25, 0.3) is 0 Å². The predicted molar refractivity (Wildman–Crippen MR) is 80.4 cm³/mol. The number of alkyl halides is 3. The van der Waals surface area contributed by atoms with Gasteiger partial charge in [0.15, 0.2) is 0 Å². The van der Waals surface area contributed by atoms with Gasteiger partial charge in [-0.3, -0.25) is 0 Å². The lowest BCUT2D eigenvalue weighted by Gasteiger charge is -2.10. The Hall–Kier alpha value is -2.35. The summed E-state index contributed by atoms with van der Waals surface area (Å²) in [6, 6.07) is 7.70. The molecular formula is C15H13F3N2O2S. The molecule has 1 atom stereocenters. The predicted octanol–water partition coefficient (Wildman–Crippen LogP) is 4.19. The highest BCUT2D eigenvalue weighted by molar-refractivity contribution is 7.95. The third-order valence-electron chi connectivity index (χ3n) is 2.96. The molecule has 1 aromatic carbocycles. The van der Waals surface area contributed by atoms with Gasteiger partial charge in [-0.15, -0.1) is 0 Å². The fourth-order valence-corrected chi connectivity index (χ4v) is 2.81. The zero-order chi connectivity index (χ0) is 17.1. The molecule has 0 amide bonds. The lowest BCUT2D eigenvalue weighted by Crippen LogP contribution is -2.07. The van der Waals surface area contributed by atoms with Crippen LogP contribution in [0.5, 0.6) is 5.75 Å². The highest BCUT2D eigenvalue weighted by Crippen LogP contribution is 2.32. The Morgan fingerprint density at radius 3 is 2.61 bits per heavy atom. The Morgan fingerprint density at radius 1 is 1.26 bits per heavy atom. The van der Waals surface area contributed by atoms with Gasteiger partial charge in [0, 0.05) is 17.7 Å². The third kappa shape index (κ3) is 4.10. The van der Waals surface area contributed by atoms with Gasteiger partial charge in [-0.25, -0.2) is 14.0 Å². The third-order valence-corrected chi connectivity index (χ3v) is 4.32. The van der Waals surface area contributed by atoms with E-state index in [4.69, 9.17) is 9.52 Å². The molecule has 23 heavy (non-hydrogen) atoms. The molecule has 1 N–H and O–H groups in total. The quantitative estimate of drug-likeness (QED) is 0.906. The summed E-state index contributed by atoms with van der Waals surface area (Å²) in [6.45, 7) is 0. The zero-order valence-corrected chi connectivity index (χ0v) is 12.8. The molecule has 0 saturated heterocycles. The SMILES string of the molecule is COc1ccnc(S(=N)(=O)/C=C/c2ccccc2C(F)(F)F)c1. The van der Waals surface area contributed by atoms with E-state index >= 15 is 0 Å². The minimum Gasteiger partial charge on any atom is -0.497 e. The van der Waals surface area contributed by atoms with E-state index < -0.39 is 21.5 Å². The molecule has 0 aliphatic heterocycles. The second kappa shape index (κ2) is 6.41. The average molecular weight is 342 g/mol. The fraction of sp³-hybridized carbons (Fsp3) is 0.133. The van der Waals surface area contributed by atoms with Crippen LogP contribution in [0.4, 0.5) is 13.2 Å². The Kier molecular flexibility index (Phi) is 4.74. The van der Waals surface area contributed by atoms with Gasteiger partial charge >= 0.3 is 6.18 Å². The van der Waals surface area contributed by atoms with Gasteiger partial charge in [-0.2, -0.15) is 13.2 Å². The molecule has 0 saturated carbocycles. The first-order chi connectivity index (χ1) is 10.7. The smallest absolute Gasteiger partial charge is 0.416 e. The Labute approximate surface area is 131 Å². The molecular weight excluding hydrogens is 329 g/mol. The van der Waals surface area contributed by atoms with E-state index in [2.05, 4.69) is 4.98 Å². The number of nitrogens with one attached hydrogen (secondary N) is 1. The molecule has 0 radical (unpaired) electrons. The van der Waals surface area contributed by atoms with Crippen molar-refractivity contribution in [3.8, 4) is 5.75 Å². The number of aromatic nitrogens is 1. The van der Waals surface area contributed by atoms with Gasteiger partial charge < -0.3 is 4.74 Å². The fourth-order valence-electron chi connectivity index (χ4n) is 1.82. The summed E-state index contributed by atoms with van der Waals surface area (Å²) in [5.41, 5.74) is -1.02. The maximum atomic E-state index is 12.9. The number of ether oxygens (including phenoxy) is 1. The molecule has 8 heteroatoms. The number of hydrogen-bond donors (Lipinski definition) is 1. The highest BCUT2D eigenvalue weighted by atomic mass is 32.2. The van der Waals surface area contributed by atoms with Gasteiger partial charge in [0.05, 0.1) is 12.7 Å². The van der Waals surface area contributed by atoms with E-state index in [1.54, 1.807) is 0 Å². The zero-order valence-electron chi connectivity index (χ0n) is 12.0. The molecule has 1 heterocycles. The Morgan fingerprint density at radius 2 is 1.96 bits per heavy atom. The lowest BCUT2D eigenvalue weighted by atomic mass is 10.1. The number of halogens is 3. The van der Waals surface area contributed by atoms with Crippen LogP contribution in [0.25, 0.3) is 6.08 Å². The number of pyridine rings is 1. The van der Waals surface area contributed by atoms with Crippen LogP contribution in [0.3, 0.4) is 0 Å². The maximum absolute atomic E-state index is 12.9. The van der Waals surface area contributed by atoms with E-state index in [0.717, 1.165) is 17.6 Å². The lowest BCUT2D eigenvalue weighted by molar-refractivity contribution is -0.137. The first-order valence-electron chi connectivity index (χ1n) is 6.37. The van der Waals surface area contributed by atoms with Gasteiger partial charge in [0.2, 0.25) is 0 Å². The van der Waals surface area contributed by atoms with Crippen LogP contribution in [-0.4, -0.2) is 16.3 Å². The average Bonchev–Trinajstić information content (AvgIpc) is 2.52. The summed E-state index contributed by atoms with van der Waals surface area (Å²) in [5.74, 6) is 0.360. The van der Waals surface area contributed by atoms with Crippen molar-refractivity contribution in [1.29, 1.82) is 4.78 Å². The van der Waals surface area contributed by atoms with Crippen LogP contribution in [0.2, 0.25) is 0 Å². The van der Waals surface area contributed by atoms with Gasteiger partial charge in [-0.05, 0) is 23.8 Å². The standard InChI is InChI=1S/C15H13F3N2O2S/c1-22-12-6-8-20-14(10-12)23(19,21)9-7-11-4-2-3-5-13(11)15(16,17)18/h2-10,19H,1H3/b9-7+. The van der Waals surface area contributed by atoms with Crippen molar-refractivity contribution in [1.82, 2.24) is 4.98 Å². The van der Waals surface area contributed by atoms with E-state index in [1.165, 1.54) is 43.6 Å². The Bertz CT molecular complexity index is 831. The summed E-state index contributed by atoms with van der Waals surface area (Å²) in [4.78, 5) is 3.83. The highest BCUT2D eigenvalue weighted by Gasteiger charge is 2.32. The maximum Gasteiger partial charge on any atom is 0.416 e. The second-order valence-electron chi connectivity index (χ2n) is 4.52. The first-order valence-corrected chi connectivity index (χ1v) is 7.99. The minimum atomic E-state index is -4.53. The molecule has 4 nitrogen and oxygen atoms in total. The van der Waals surface area contributed by atoms with Crippen molar-refractivity contribution in [3.63, 3.8) is 0 Å². The molecule has 2 aromatic rings. The number of hydrogen-bond acceptors (Lipinski definition) is 4. The molecule has 1 unspecified atom stereocenters. The summed E-state index contributed by atoms with van der Waals surface area (Å²) in [7, 11) is -2.09. The number of benzene rings is 1. The van der Waals surface area contributed by atoms with Crippen molar-refractivity contribution in [2.75, 3.05) is 7.11 Å². The van der Waals surface area contributed by atoms with Crippen LogP contribution in [0.1, 0.15) is 11.1 Å². The van der Waals surface area contributed by atoms with E-state index in [0.29, 0.717) is 5.75 Å². The molecule has 0 spiro atoms. The second-order valence-corrected chi connectivity index (χ2v) is 6.41. The van der Waals surface area contributed by atoms with E-state index in [1.807, 2.05) is 0 Å². The normalized spacial score (nSPS) is 14.6. The van der Waals surface area contributed by atoms with Crippen LogP contribution in [0, 0.1) is 4.78 Å². The van der Waals surface area contributed by atoms with Crippen LogP contribution >= 0.6 is 0 Å². The van der Waals surface area contributed by atoms with Crippen molar-refractivity contribution < 1.29 is 22.1 Å². The summed E-state index contributed by atoms with van der Waals surface area (Å²) < 4.78 is 63.9. The Balaban J connectivity index is 2.40. The topological polar surface area (TPSA) is 63.0 Å². The van der Waals surface area contributed by atoms with Gasteiger partial charge in [0.1, 0.15) is 20.5 Å². The van der Waals surface area contributed by atoms with Crippen LogP contribution in [0.15, 0.2) is 53.0 Å². The van der Waals surface area contributed by atoms with E-state index in [-0.39, 0.29) is 10.6 Å². The summed E-state index contributed by atoms with van der Waals surface area (Å²) in [6.07, 6.45) is -2.18. The van der Waals surface area contributed by atoms with Crippen LogP contribution in [-0.2, 0) is 15.9 Å². The number of methoxy groups -OCH3 is 1. The first kappa shape index (κ1) is 17.0. The van der Waals surface area contributed by atoms with Gasteiger partial charge in [-0.1, -0.05) is 18.2 Å². The molecule has 122 valence electrons. The van der Waals surface area contributed by atoms with Crippen LogP contribution < -0.4 is 4.74 Å². The molecule has 0 aliphatic carbocycles. The number of nitrogens with zero attached hydrogens (tertiary/aromatic N) is 1. The summed E-state index contributed by atoms with van der Waals surface area (Å²) >= 11 is 0. The van der Waals surface area contributed by atoms with Crippen molar-refractivity contribution in [3.05, 3.63) is 59.1 Å². The summed E-state index contributed by atoms with van der Waals surface area (Å²) in [5, 5.41) is 0.830. The number of rotatable bonds is 4. The van der Waals surface area contributed by atoms with Crippen molar-refractivity contribution >= 4 is 15.8 Å². The molecule has 0 fully saturated rings. The molecule has 0 bridgehead atoms. The monoisotopic (exact) mass is 342 g/mol. The molecule has 0 aliphatic rings. The largest absolute Gasteiger partial charge is 0.497 e. The molecule has 2 rings (SSSR count). The van der Waals surface area contributed by atoms with Crippen molar-refractivity contribution in [2.24, 2.45) is 0 Å². The van der Waals surface area contributed by atoms with E-state index in [9.17, 15) is 17.4 Å². The minimum absolute atomic E-state index is 0.0856. The van der Waals surface area contributed by atoms with Crippen molar-refractivity contribution in [2.45, 2.75) is 11.2 Å². The molecule has 1 aromatic heterocycles.